The summed E-state index contributed by atoms with van der Waals surface area (Å²) >= 11 is 0. The number of anilines is 1. The van der Waals surface area contributed by atoms with Crippen molar-refractivity contribution in [2.24, 2.45) is 5.92 Å². The quantitative estimate of drug-likeness (QED) is 0.880. The largest absolute Gasteiger partial charge is 0.386 e. The molecule has 2 aromatic rings. The number of aryl methyl sites for hydroxylation is 1. The van der Waals surface area contributed by atoms with Crippen molar-refractivity contribution >= 4 is 11.6 Å². The Morgan fingerprint density at radius 1 is 1.26 bits per heavy atom. The fourth-order valence-corrected chi connectivity index (χ4v) is 3.69. The number of aliphatic hydroxyl groups excluding tert-OH is 1. The Balaban J connectivity index is 1.43. The molecule has 144 valence electrons. The second kappa shape index (κ2) is 7.35. The van der Waals surface area contributed by atoms with Crippen LogP contribution in [0, 0.1) is 5.92 Å². The lowest BCUT2D eigenvalue weighted by atomic mass is 10.1. The molecule has 1 aromatic carbocycles. The fourth-order valence-electron chi connectivity index (χ4n) is 3.69. The van der Waals surface area contributed by atoms with Gasteiger partial charge in [-0.15, -0.1) is 0 Å². The zero-order valence-electron chi connectivity index (χ0n) is 16.1. The third-order valence-electron chi connectivity index (χ3n) is 5.57. The number of benzene rings is 1. The summed E-state index contributed by atoms with van der Waals surface area (Å²) in [7, 11) is 4.02. The molecule has 0 radical (unpaired) electrons. The van der Waals surface area contributed by atoms with E-state index in [0.717, 1.165) is 55.0 Å². The monoisotopic (exact) mass is 368 g/mol. The van der Waals surface area contributed by atoms with Crippen molar-refractivity contribution in [3.8, 4) is 0 Å². The van der Waals surface area contributed by atoms with E-state index in [1.165, 1.54) is 0 Å². The first-order chi connectivity index (χ1) is 13.0. The van der Waals surface area contributed by atoms with Gasteiger partial charge in [0.1, 0.15) is 6.10 Å². The predicted octanol–water partition coefficient (Wildman–Crippen LogP) is 2.37. The van der Waals surface area contributed by atoms with Crippen LogP contribution in [-0.2, 0) is 24.3 Å². The van der Waals surface area contributed by atoms with Gasteiger partial charge in [-0.25, -0.2) is 0 Å². The molecule has 0 bridgehead atoms. The first kappa shape index (κ1) is 18.0. The van der Waals surface area contributed by atoms with E-state index in [1.807, 2.05) is 54.0 Å². The predicted molar refractivity (Wildman–Crippen MR) is 104 cm³/mol. The highest BCUT2D eigenvalue weighted by atomic mass is 16.3. The van der Waals surface area contributed by atoms with Crippen LogP contribution in [-0.4, -0.2) is 46.3 Å². The number of rotatable bonds is 5. The summed E-state index contributed by atoms with van der Waals surface area (Å²) in [5.74, 6) is 0.513. The number of aliphatic hydroxyl groups is 1. The maximum atomic E-state index is 12.8. The van der Waals surface area contributed by atoms with E-state index < -0.39 is 6.10 Å². The van der Waals surface area contributed by atoms with E-state index in [1.54, 1.807) is 0 Å². The summed E-state index contributed by atoms with van der Waals surface area (Å²) in [5.41, 5.74) is 3.96. The summed E-state index contributed by atoms with van der Waals surface area (Å²) in [5, 5.41) is 15.0. The number of hydrogen-bond donors (Lipinski definition) is 1. The van der Waals surface area contributed by atoms with E-state index in [-0.39, 0.29) is 5.91 Å². The average molecular weight is 368 g/mol. The van der Waals surface area contributed by atoms with Gasteiger partial charge in [-0.05, 0) is 48.9 Å². The number of fused-ring (bicyclic) bond motifs is 1. The van der Waals surface area contributed by atoms with Crippen LogP contribution in [0.25, 0.3) is 0 Å². The van der Waals surface area contributed by atoms with Gasteiger partial charge < -0.3 is 14.9 Å². The number of nitrogens with zero attached hydrogens (tertiary/aromatic N) is 4. The molecule has 1 fully saturated rings. The molecule has 1 aromatic heterocycles. The van der Waals surface area contributed by atoms with Gasteiger partial charge in [-0.2, -0.15) is 5.10 Å². The van der Waals surface area contributed by atoms with Gasteiger partial charge >= 0.3 is 0 Å². The van der Waals surface area contributed by atoms with Crippen LogP contribution in [0.1, 0.15) is 42.3 Å². The van der Waals surface area contributed by atoms with E-state index in [2.05, 4.69) is 10.00 Å². The van der Waals surface area contributed by atoms with Gasteiger partial charge in [-0.3, -0.25) is 9.48 Å². The van der Waals surface area contributed by atoms with Gasteiger partial charge in [0.15, 0.2) is 0 Å². The lowest BCUT2D eigenvalue weighted by Crippen LogP contribution is -2.32. The zero-order valence-corrected chi connectivity index (χ0v) is 16.1. The van der Waals surface area contributed by atoms with E-state index in [9.17, 15) is 9.90 Å². The van der Waals surface area contributed by atoms with Crippen molar-refractivity contribution in [2.75, 3.05) is 25.5 Å². The third kappa shape index (κ3) is 4.00. The molecule has 2 aliphatic rings. The number of amides is 1. The molecule has 1 N–H and O–H groups in total. The molecule has 1 saturated carbocycles. The SMILES string of the molecule is CN(C)c1ccc(CC(=O)N2CCCn3nc(C(O)C4CC4)cc3C2)cc1. The van der Waals surface area contributed by atoms with E-state index in [0.29, 0.717) is 18.9 Å². The molecular formula is C21H28N4O2. The van der Waals surface area contributed by atoms with Crippen LogP contribution < -0.4 is 4.90 Å². The van der Waals surface area contributed by atoms with E-state index >= 15 is 0 Å². The van der Waals surface area contributed by atoms with E-state index in [4.69, 9.17) is 0 Å². The topological polar surface area (TPSA) is 61.6 Å². The molecule has 0 spiro atoms. The van der Waals surface area contributed by atoms with Gasteiger partial charge in [0.25, 0.3) is 0 Å². The maximum absolute atomic E-state index is 12.8. The molecule has 1 aliphatic carbocycles. The molecule has 4 rings (SSSR count). The minimum absolute atomic E-state index is 0.145. The van der Waals surface area contributed by atoms with Crippen LogP contribution >= 0.6 is 0 Å². The molecule has 1 atom stereocenters. The highest BCUT2D eigenvalue weighted by molar-refractivity contribution is 5.79. The van der Waals surface area contributed by atoms with Crippen molar-refractivity contribution in [1.82, 2.24) is 14.7 Å². The molecule has 2 heterocycles. The Kier molecular flexibility index (Phi) is 4.91. The van der Waals surface area contributed by atoms with Crippen molar-refractivity contribution < 1.29 is 9.90 Å². The summed E-state index contributed by atoms with van der Waals surface area (Å²) in [4.78, 5) is 16.8. The van der Waals surface area contributed by atoms with Crippen LogP contribution in [0.15, 0.2) is 30.3 Å². The van der Waals surface area contributed by atoms with Crippen molar-refractivity contribution in [2.45, 2.75) is 44.9 Å². The lowest BCUT2D eigenvalue weighted by Gasteiger charge is -2.20. The Bertz CT molecular complexity index is 808. The second-order valence-corrected chi connectivity index (χ2v) is 7.97. The average Bonchev–Trinajstić information content (AvgIpc) is 3.45. The Hall–Kier alpha value is -2.34. The summed E-state index contributed by atoms with van der Waals surface area (Å²) < 4.78 is 1.97. The zero-order chi connectivity index (χ0) is 19.0. The molecule has 27 heavy (non-hydrogen) atoms. The standard InChI is InChI=1S/C21H28N4O2/c1-23(2)17-8-4-15(5-9-17)12-20(26)24-10-3-11-25-18(14-24)13-19(22-25)21(27)16-6-7-16/h4-5,8-9,13,16,21,27H,3,6-7,10-12,14H2,1-2H3. The van der Waals surface area contributed by atoms with Gasteiger partial charge in [0.05, 0.1) is 24.4 Å². The summed E-state index contributed by atoms with van der Waals surface area (Å²) in [6.45, 7) is 2.12. The molecule has 1 amide bonds. The van der Waals surface area contributed by atoms with Gasteiger partial charge in [0, 0.05) is 32.9 Å². The van der Waals surface area contributed by atoms with Crippen molar-refractivity contribution in [1.29, 1.82) is 0 Å². The maximum Gasteiger partial charge on any atom is 0.227 e. The summed E-state index contributed by atoms with van der Waals surface area (Å²) in [6.07, 6.45) is 3.02. The van der Waals surface area contributed by atoms with Crippen LogP contribution in [0.4, 0.5) is 5.69 Å². The minimum Gasteiger partial charge on any atom is -0.386 e. The Morgan fingerprint density at radius 2 is 2.00 bits per heavy atom. The van der Waals surface area contributed by atoms with Crippen LogP contribution in [0.3, 0.4) is 0 Å². The van der Waals surface area contributed by atoms with Gasteiger partial charge in [0.2, 0.25) is 5.91 Å². The van der Waals surface area contributed by atoms with Crippen LogP contribution in [0.5, 0.6) is 0 Å². The molecule has 6 nitrogen and oxygen atoms in total. The highest BCUT2D eigenvalue weighted by Gasteiger charge is 2.33. The van der Waals surface area contributed by atoms with Crippen molar-refractivity contribution in [3.05, 3.63) is 47.3 Å². The fraction of sp³-hybridized carbons (Fsp3) is 0.524. The molecular weight excluding hydrogens is 340 g/mol. The van der Waals surface area contributed by atoms with Crippen LogP contribution in [0.2, 0.25) is 0 Å². The number of aromatic nitrogens is 2. The normalized spacial score (nSPS) is 18.0. The molecule has 1 aliphatic heterocycles. The number of carbonyl (C=O) groups excluding carboxylic acids is 1. The highest BCUT2D eigenvalue weighted by Crippen LogP contribution is 2.40. The second-order valence-electron chi connectivity index (χ2n) is 7.97. The van der Waals surface area contributed by atoms with Gasteiger partial charge in [-0.1, -0.05) is 12.1 Å². The Labute approximate surface area is 160 Å². The number of hydrogen-bond acceptors (Lipinski definition) is 4. The smallest absolute Gasteiger partial charge is 0.227 e. The molecule has 0 saturated heterocycles. The Morgan fingerprint density at radius 3 is 2.67 bits per heavy atom. The minimum atomic E-state index is -0.455. The molecule has 6 heteroatoms. The van der Waals surface area contributed by atoms with Crippen molar-refractivity contribution in [3.63, 3.8) is 0 Å². The first-order valence-electron chi connectivity index (χ1n) is 9.80. The molecule has 1 unspecified atom stereocenters. The first-order valence-corrected chi connectivity index (χ1v) is 9.80. The third-order valence-corrected chi connectivity index (χ3v) is 5.57. The summed E-state index contributed by atoms with van der Waals surface area (Å²) in [6, 6.07) is 10.1. The lowest BCUT2D eigenvalue weighted by molar-refractivity contribution is -0.131. The number of carbonyl (C=O) groups is 1.